The molecule has 0 saturated heterocycles. The molecule has 0 aromatic carbocycles. The van der Waals surface area contributed by atoms with Crippen LogP contribution in [0.25, 0.3) is 0 Å². The lowest BCUT2D eigenvalue weighted by molar-refractivity contribution is 0.0780. The highest BCUT2D eigenvalue weighted by Gasteiger charge is 2.16. The Labute approximate surface area is 109 Å². The number of carbonyl (C=O) groups is 1. The molecule has 0 unspecified atom stereocenters. The molecule has 0 fully saturated rings. The van der Waals surface area contributed by atoms with Gasteiger partial charge < -0.3 is 14.6 Å². The molecule has 1 amide bonds. The number of nitrogens with zero attached hydrogens (tertiary/aromatic N) is 2. The van der Waals surface area contributed by atoms with E-state index in [1.807, 2.05) is 29.9 Å². The van der Waals surface area contributed by atoms with Crippen molar-refractivity contribution in [3.8, 4) is 0 Å². The molecular weight excluding hydrogens is 228 g/mol. The van der Waals surface area contributed by atoms with Crippen LogP contribution in [0.2, 0.25) is 0 Å². The fraction of sp³-hybridized carbons (Fsp3) is 0.643. The number of aliphatic hydroxyl groups excluding tert-OH is 1. The van der Waals surface area contributed by atoms with Gasteiger partial charge in [0.2, 0.25) is 0 Å². The summed E-state index contributed by atoms with van der Waals surface area (Å²) < 4.78 is 1.99. The van der Waals surface area contributed by atoms with Crippen LogP contribution in [0.5, 0.6) is 0 Å². The number of carbonyl (C=O) groups excluding carboxylic acids is 1. The predicted molar refractivity (Wildman–Crippen MR) is 72.7 cm³/mol. The molecule has 1 heterocycles. The van der Waals surface area contributed by atoms with Crippen LogP contribution in [0.3, 0.4) is 0 Å². The second kappa shape index (κ2) is 7.21. The maximum atomic E-state index is 12.3. The summed E-state index contributed by atoms with van der Waals surface area (Å²) in [5, 5.41) is 8.70. The van der Waals surface area contributed by atoms with Crippen LogP contribution in [0, 0.1) is 0 Å². The van der Waals surface area contributed by atoms with Gasteiger partial charge in [0.15, 0.2) is 0 Å². The smallest absolute Gasteiger partial charge is 0.270 e. The van der Waals surface area contributed by atoms with Crippen molar-refractivity contribution in [1.29, 1.82) is 0 Å². The zero-order valence-corrected chi connectivity index (χ0v) is 11.6. The van der Waals surface area contributed by atoms with Gasteiger partial charge in [0.05, 0.1) is 0 Å². The first-order valence-corrected chi connectivity index (χ1v) is 6.61. The minimum Gasteiger partial charge on any atom is -0.396 e. The van der Waals surface area contributed by atoms with E-state index in [0.29, 0.717) is 6.04 Å². The summed E-state index contributed by atoms with van der Waals surface area (Å²) in [4.78, 5) is 14.0. The van der Waals surface area contributed by atoms with Crippen LogP contribution in [-0.4, -0.2) is 40.7 Å². The minimum atomic E-state index is 0.0673. The highest BCUT2D eigenvalue weighted by Crippen LogP contribution is 2.13. The van der Waals surface area contributed by atoms with Crippen LogP contribution in [0.4, 0.5) is 0 Å². The zero-order chi connectivity index (χ0) is 13.5. The van der Waals surface area contributed by atoms with Crippen LogP contribution in [0.1, 0.15) is 49.6 Å². The summed E-state index contributed by atoms with van der Waals surface area (Å²) in [6.45, 7) is 5.10. The molecule has 0 bridgehead atoms. The van der Waals surface area contributed by atoms with Crippen LogP contribution >= 0.6 is 0 Å². The average molecular weight is 252 g/mol. The van der Waals surface area contributed by atoms with Gasteiger partial charge in [-0.05, 0) is 45.2 Å². The van der Waals surface area contributed by atoms with Gasteiger partial charge in [-0.2, -0.15) is 0 Å². The summed E-state index contributed by atoms with van der Waals surface area (Å²) in [5.41, 5.74) is 0.745. The van der Waals surface area contributed by atoms with E-state index in [0.717, 1.165) is 31.5 Å². The number of hydrogen-bond acceptors (Lipinski definition) is 2. The Morgan fingerprint density at radius 1 is 1.39 bits per heavy atom. The number of rotatable bonds is 7. The monoisotopic (exact) mass is 252 g/mol. The Balaban J connectivity index is 2.55. The van der Waals surface area contributed by atoms with Gasteiger partial charge in [-0.3, -0.25) is 4.79 Å². The van der Waals surface area contributed by atoms with Gasteiger partial charge in [0.25, 0.3) is 5.91 Å². The molecule has 1 aromatic rings. The van der Waals surface area contributed by atoms with Crippen molar-refractivity contribution in [3.05, 3.63) is 24.0 Å². The van der Waals surface area contributed by atoms with Crippen molar-refractivity contribution in [2.75, 3.05) is 20.2 Å². The van der Waals surface area contributed by atoms with Crippen molar-refractivity contribution in [3.63, 3.8) is 0 Å². The van der Waals surface area contributed by atoms with E-state index in [2.05, 4.69) is 13.8 Å². The lowest BCUT2D eigenvalue weighted by atomic mass is 10.2. The third kappa shape index (κ3) is 3.88. The van der Waals surface area contributed by atoms with E-state index in [-0.39, 0.29) is 12.5 Å². The Kier molecular flexibility index (Phi) is 5.92. The molecule has 0 atom stereocenters. The maximum Gasteiger partial charge on any atom is 0.270 e. The standard InChI is InChI=1S/C14H24N2O2/c1-12(2)16-10-7-8-13(16)14(18)15(3)9-5-4-6-11-17/h7-8,10,12,17H,4-6,9,11H2,1-3H3. The third-order valence-electron chi connectivity index (χ3n) is 3.05. The largest absolute Gasteiger partial charge is 0.396 e. The highest BCUT2D eigenvalue weighted by molar-refractivity contribution is 5.92. The molecule has 1 N–H and O–H groups in total. The number of aliphatic hydroxyl groups is 1. The number of hydrogen-bond donors (Lipinski definition) is 1. The van der Waals surface area contributed by atoms with Gasteiger partial charge in [-0.15, -0.1) is 0 Å². The van der Waals surface area contributed by atoms with Gasteiger partial charge >= 0.3 is 0 Å². The summed E-state index contributed by atoms with van der Waals surface area (Å²) in [5.74, 6) is 0.0673. The molecule has 0 aliphatic heterocycles. The number of amides is 1. The molecule has 102 valence electrons. The Hall–Kier alpha value is -1.29. The molecule has 4 nitrogen and oxygen atoms in total. The highest BCUT2D eigenvalue weighted by atomic mass is 16.2. The second-order valence-electron chi connectivity index (χ2n) is 4.91. The van der Waals surface area contributed by atoms with Crippen molar-refractivity contribution in [2.45, 2.75) is 39.2 Å². The van der Waals surface area contributed by atoms with Gasteiger partial charge in [0, 0.05) is 32.4 Å². The first-order valence-electron chi connectivity index (χ1n) is 6.61. The zero-order valence-electron chi connectivity index (χ0n) is 11.6. The van der Waals surface area contributed by atoms with E-state index in [4.69, 9.17) is 5.11 Å². The third-order valence-corrected chi connectivity index (χ3v) is 3.05. The predicted octanol–water partition coefficient (Wildman–Crippen LogP) is 2.30. The topological polar surface area (TPSA) is 45.5 Å². The van der Waals surface area contributed by atoms with E-state index in [9.17, 15) is 4.79 Å². The van der Waals surface area contributed by atoms with Crippen molar-refractivity contribution < 1.29 is 9.90 Å². The molecule has 0 aliphatic carbocycles. The van der Waals surface area contributed by atoms with E-state index in [1.165, 1.54) is 0 Å². The molecule has 0 spiro atoms. The van der Waals surface area contributed by atoms with Crippen LogP contribution in [-0.2, 0) is 0 Å². The average Bonchev–Trinajstić information content (AvgIpc) is 2.82. The molecular formula is C14H24N2O2. The Bertz CT molecular complexity index is 372. The van der Waals surface area contributed by atoms with E-state index < -0.39 is 0 Å². The first kappa shape index (κ1) is 14.8. The molecule has 1 aromatic heterocycles. The molecule has 0 aliphatic rings. The van der Waals surface area contributed by atoms with Crippen LogP contribution in [0.15, 0.2) is 18.3 Å². The molecule has 1 rings (SSSR count). The molecule has 0 radical (unpaired) electrons. The Morgan fingerprint density at radius 3 is 2.72 bits per heavy atom. The minimum absolute atomic E-state index is 0.0673. The lowest BCUT2D eigenvalue weighted by Crippen LogP contribution is -2.29. The van der Waals surface area contributed by atoms with Crippen molar-refractivity contribution in [1.82, 2.24) is 9.47 Å². The molecule has 0 saturated carbocycles. The molecule has 4 heteroatoms. The van der Waals surface area contributed by atoms with Gasteiger partial charge in [-0.25, -0.2) is 0 Å². The first-order chi connectivity index (χ1) is 8.57. The summed E-state index contributed by atoms with van der Waals surface area (Å²) in [7, 11) is 1.83. The lowest BCUT2D eigenvalue weighted by Gasteiger charge is -2.19. The SMILES string of the molecule is CC(C)n1cccc1C(=O)N(C)CCCCCO. The van der Waals surface area contributed by atoms with E-state index >= 15 is 0 Å². The van der Waals surface area contributed by atoms with E-state index in [1.54, 1.807) is 4.90 Å². The number of aromatic nitrogens is 1. The maximum absolute atomic E-state index is 12.3. The molecule has 18 heavy (non-hydrogen) atoms. The number of unbranched alkanes of at least 4 members (excludes halogenated alkanes) is 2. The van der Waals surface area contributed by atoms with Crippen molar-refractivity contribution >= 4 is 5.91 Å². The van der Waals surface area contributed by atoms with Crippen LogP contribution < -0.4 is 0 Å². The second-order valence-corrected chi connectivity index (χ2v) is 4.91. The summed E-state index contributed by atoms with van der Waals surface area (Å²) in [6, 6.07) is 4.07. The van der Waals surface area contributed by atoms with Crippen molar-refractivity contribution in [2.24, 2.45) is 0 Å². The van der Waals surface area contributed by atoms with Gasteiger partial charge in [-0.1, -0.05) is 0 Å². The summed E-state index contributed by atoms with van der Waals surface area (Å²) >= 11 is 0. The fourth-order valence-corrected chi connectivity index (χ4v) is 1.96. The fourth-order valence-electron chi connectivity index (χ4n) is 1.96. The normalized spacial score (nSPS) is 10.9. The Morgan fingerprint density at radius 2 is 2.11 bits per heavy atom. The summed E-state index contributed by atoms with van der Waals surface area (Å²) in [6.07, 6.45) is 4.65. The quantitative estimate of drug-likeness (QED) is 0.757. The van der Waals surface area contributed by atoms with Gasteiger partial charge in [0.1, 0.15) is 5.69 Å².